The van der Waals surface area contributed by atoms with Crippen LogP contribution >= 0.6 is 0 Å². The third-order valence-electron chi connectivity index (χ3n) is 13.2. The molecule has 12 rings (SSSR count). The van der Waals surface area contributed by atoms with Gasteiger partial charge in [0.25, 0.3) is 0 Å². The van der Waals surface area contributed by atoms with Crippen LogP contribution in [-0.4, -0.2) is 6.85 Å². The van der Waals surface area contributed by atoms with Crippen LogP contribution in [0.15, 0.2) is 162 Å². The molecule has 0 amide bonds. The van der Waals surface area contributed by atoms with Gasteiger partial charge in [0.2, 0.25) is 0 Å². The number of fused-ring (bicyclic) bond motifs is 11. The normalized spacial score (nSPS) is 14.5. The summed E-state index contributed by atoms with van der Waals surface area (Å²) in [5, 5.41) is 4.79. The third-order valence-corrected chi connectivity index (χ3v) is 13.2. The minimum Gasteiger partial charge on any atom is -0.456 e. The van der Waals surface area contributed by atoms with Crippen molar-refractivity contribution in [2.24, 2.45) is 0 Å². The molecule has 0 spiro atoms. The summed E-state index contributed by atoms with van der Waals surface area (Å²) in [5.74, 6) is 0. The number of benzene rings is 8. The van der Waals surface area contributed by atoms with E-state index >= 15 is 0 Å². The minimum absolute atomic E-state index is 0.0844. The molecule has 3 nitrogen and oxygen atoms in total. The number of hydrogen-bond donors (Lipinski definition) is 0. The van der Waals surface area contributed by atoms with Gasteiger partial charge in [-0.1, -0.05) is 149 Å². The largest absolute Gasteiger partial charge is 0.456 e. The highest BCUT2D eigenvalue weighted by Crippen LogP contribution is 2.57. The standard InChI is InChI=1S/C53H41BN2O/c1-4-5-16-33-27-28-45(39(29-33)34-17-7-6-8-18-34)55-47-32-49-40(37-21-11-14-26-48(37)57-49)31-44(47)54-50-41(30-35-19-9-10-20-36(35)52(50)55)38-22-15-24-43-51(38)56(54)46-25-13-12-23-42(46)53(43,2)3/h6-15,17-32H,4-5,16H2,1-3H3. The van der Waals surface area contributed by atoms with E-state index in [-0.39, 0.29) is 12.3 Å². The van der Waals surface area contributed by atoms with Gasteiger partial charge >= 0.3 is 6.85 Å². The Morgan fingerprint density at radius 2 is 1.33 bits per heavy atom. The zero-order valence-electron chi connectivity index (χ0n) is 32.5. The molecule has 0 unspecified atom stereocenters. The van der Waals surface area contributed by atoms with Crippen molar-refractivity contribution in [3.05, 3.63) is 174 Å². The number of anilines is 5. The van der Waals surface area contributed by atoms with Crippen molar-refractivity contribution >= 4 is 78.9 Å². The van der Waals surface area contributed by atoms with Crippen LogP contribution in [0.3, 0.4) is 0 Å². The number of unbranched alkanes of at least 4 members (excludes halogenated alkanes) is 1. The average Bonchev–Trinajstić information content (AvgIpc) is 3.62. The lowest BCUT2D eigenvalue weighted by Gasteiger charge is -2.51. The Hall–Kier alpha value is -6.52. The minimum atomic E-state index is -0.173. The van der Waals surface area contributed by atoms with Crippen molar-refractivity contribution in [2.45, 2.75) is 45.4 Å². The maximum absolute atomic E-state index is 6.75. The second-order valence-corrected chi connectivity index (χ2v) is 16.7. The molecule has 0 atom stereocenters. The van der Waals surface area contributed by atoms with Crippen LogP contribution in [0.1, 0.15) is 50.3 Å². The van der Waals surface area contributed by atoms with Crippen LogP contribution in [0.2, 0.25) is 0 Å². The van der Waals surface area contributed by atoms with E-state index in [1.54, 1.807) is 0 Å². The van der Waals surface area contributed by atoms with Crippen LogP contribution in [0.5, 0.6) is 0 Å². The fourth-order valence-electron chi connectivity index (χ4n) is 10.5. The van der Waals surface area contributed by atoms with Crippen LogP contribution in [0.25, 0.3) is 55.0 Å². The van der Waals surface area contributed by atoms with Crippen molar-refractivity contribution in [1.29, 1.82) is 0 Å². The van der Waals surface area contributed by atoms with E-state index in [4.69, 9.17) is 4.42 Å². The summed E-state index contributed by atoms with van der Waals surface area (Å²) < 4.78 is 6.75. The number of furan rings is 1. The van der Waals surface area contributed by atoms with E-state index in [1.165, 1.54) is 89.8 Å². The second-order valence-electron chi connectivity index (χ2n) is 16.7. The number of hydrogen-bond acceptors (Lipinski definition) is 3. The first kappa shape index (κ1) is 32.7. The lowest BCUT2D eigenvalue weighted by atomic mass is 9.42. The first-order chi connectivity index (χ1) is 28.0. The van der Waals surface area contributed by atoms with Gasteiger partial charge in [-0.25, -0.2) is 0 Å². The molecule has 0 radical (unpaired) electrons. The van der Waals surface area contributed by atoms with Gasteiger partial charge in [-0.15, -0.1) is 0 Å². The molecule has 0 saturated heterocycles. The molecule has 0 N–H and O–H groups in total. The summed E-state index contributed by atoms with van der Waals surface area (Å²) >= 11 is 0. The molecule has 57 heavy (non-hydrogen) atoms. The van der Waals surface area contributed by atoms with E-state index in [0.717, 1.165) is 40.5 Å². The van der Waals surface area contributed by atoms with Crippen LogP contribution in [0.4, 0.5) is 28.4 Å². The van der Waals surface area contributed by atoms with Crippen molar-refractivity contribution in [2.75, 3.05) is 9.71 Å². The predicted octanol–water partition coefficient (Wildman–Crippen LogP) is 13.1. The summed E-state index contributed by atoms with van der Waals surface area (Å²) in [6, 6.07) is 59.1. The summed E-state index contributed by atoms with van der Waals surface area (Å²) in [7, 11) is 0. The van der Waals surface area contributed by atoms with E-state index in [9.17, 15) is 0 Å². The van der Waals surface area contributed by atoms with E-state index in [1.807, 2.05) is 0 Å². The van der Waals surface area contributed by atoms with Crippen LogP contribution < -0.4 is 20.6 Å². The Labute approximate surface area is 333 Å². The Kier molecular flexibility index (Phi) is 6.88. The summed E-state index contributed by atoms with van der Waals surface area (Å²) in [6.07, 6.45) is 3.39. The van der Waals surface area contributed by atoms with Crippen molar-refractivity contribution in [3.8, 4) is 22.3 Å². The Morgan fingerprint density at radius 1 is 0.561 bits per heavy atom. The molecule has 0 fully saturated rings. The topological polar surface area (TPSA) is 19.6 Å². The van der Waals surface area contributed by atoms with Gasteiger partial charge in [0, 0.05) is 55.8 Å². The van der Waals surface area contributed by atoms with Gasteiger partial charge in [0.05, 0.1) is 11.4 Å². The maximum Gasteiger partial charge on any atom is 0.333 e. The van der Waals surface area contributed by atoms with Gasteiger partial charge < -0.3 is 14.1 Å². The predicted molar refractivity (Wildman–Crippen MR) is 241 cm³/mol. The van der Waals surface area contributed by atoms with Gasteiger partial charge in [0.15, 0.2) is 0 Å². The van der Waals surface area contributed by atoms with Gasteiger partial charge in [-0.2, -0.15) is 0 Å². The molecular formula is C53H41BN2O. The average molecular weight is 733 g/mol. The number of para-hydroxylation sites is 3. The molecule has 4 heterocycles. The van der Waals surface area contributed by atoms with Crippen molar-refractivity contribution in [1.82, 2.24) is 0 Å². The fraction of sp³-hybridized carbons (Fsp3) is 0.132. The smallest absolute Gasteiger partial charge is 0.333 e. The molecule has 272 valence electrons. The van der Waals surface area contributed by atoms with Crippen molar-refractivity contribution in [3.63, 3.8) is 0 Å². The number of nitrogens with zero attached hydrogens (tertiary/aromatic N) is 2. The fourth-order valence-corrected chi connectivity index (χ4v) is 10.5. The van der Waals surface area contributed by atoms with Crippen LogP contribution in [-0.2, 0) is 11.8 Å². The Morgan fingerprint density at radius 3 is 2.21 bits per heavy atom. The zero-order chi connectivity index (χ0) is 38.0. The first-order valence-electron chi connectivity index (χ1n) is 20.5. The number of aryl methyl sites for hydroxylation is 1. The molecule has 0 saturated carbocycles. The lowest BCUT2D eigenvalue weighted by Crippen LogP contribution is -2.63. The Balaban J connectivity index is 1.27. The molecule has 8 aromatic carbocycles. The van der Waals surface area contributed by atoms with Crippen molar-refractivity contribution < 1.29 is 4.42 Å². The van der Waals surface area contributed by atoms with Crippen LogP contribution in [0, 0.1) is 0 Å². The molecular weight excluding hydrogens is 691 g/mol. The third kappa shape index (κ3) is 4.50. The van der Waals surface area contributed by atoms with E-state index < -0.39 is 0 Å². The van der Waals surface area contributed by atoms with E-state index in [2.05, 4.69) is 188 Å². The molecule has 1 aromatic heterocycles. The molecule has 0 aliphatic carbocycles. The highest BCUT2D eigenvalue weighted by molar-refractivity contribution is 6.94. The highest BCUT2D eigenvalue weighted by atomic mass is 16.3. The molecule has 0 bridgehead atoms. The van der Waals surface area contributed by atoms with Gasteiger partial charge in [-0.05, 0) is 87.3 Å². The molecule has 3 aliphatic heterocycles. The SMILES string of the molecule is CCCCc1ccc(N2c3cc4oc5ccccc5c4cc3B3c4c(cc5ccccc5c42)-c2cccc4c2N3c2ccccc2C4(C)C)c(-c2ccccc2)c1. The van der Waals surface area contributed by atoms with Gasteiger partial charge in [-0.3, -0.25) is 0 Å². The molecule has 3 aliphatic rings. The summed E-state index contributed by atoms with van der Waals surface area (Å²) in [6.45, 7) is 6.98. The quantitative estimate of drug-likeness (QED) is 0.164. The second kappa shape index (κ2) is 12.0. The number of rotatable bonds is 5. The maximum atomic E-state index is 6.75. The summed E-state index contributed by atoms with van der Waals surface area (Å²) in [4.78, 5) is 5.29. The van der Waals surface area contributed by atoms with Gasteiger partial charge in [0.1, 0.15) is 11.2 Å². The molecule has 4 heteroatoms. The Bertz CT molecular complexity index is 3120. The van der Waals surface area contributed by atoms with E-state index in [0.29, 0.717) is 0 Å². The first-order valence-corrected chi connectivity index (χ1v) is 20.5. The highest BCUT2D eigenvalue weighted by Gasteiger charge is 2.50. The lowest BCUT2D eigenvalue weighted by molar-refractivity contribution is 0.634. The monoisotopic (exact) mass is 732 g/mol. The summed E-state index contributed by atoms with van der Waals surface area (Å²) in [5.41, 5.74) is 19.6. The zero-order valence-corrected chi connectivity index (χ0v) is 32.5. The molecule has 9 aromatic rings.